The molecular weight excluding hydrogens is 392 g/mol. The van der Waals surface area contributed by atoms with Crippen LogP contribution in [0, 0.1) is 0 Å². The lowest BCUT2D eigenvalue weighted by Gasteiger charge is -2.10. The summed E-state index contributed by atoms with van der Waals surface area (Å²) < 4.78 is 5.93. The summed E-state index contributed by atoms with van der Waals surface area (Å²) in [6.45, 7) is 0. The normalized spacial score (nSPS) is 10.8. The number of imidazole rings is 1. The van der Waals surface area contributed by atoms with Crippen LogP contribution in [-0.2, 0) is 0 Å². The average molecular weight is 408 g/mol. The Morgan fingerprint density at radius 3 is 2.58 bits per heavy atom. The van der Waals surface area contributed by atoms with Gasteiger partial charge in [0.25, 0.3) is 0 Å². The number of carbonyl (C=O) groups excluding carboxylic acids is 1. The van der Waals surface area contributed by atoms with Crippen molar-refractivity contribution >= 4 is 16.8 Å². The van der Waals surface area contributed by atoms with Crippen LogP contribution >= 0.6 is 0 Å². The van der Waals surface area contributed by atoms with E-state index in [1.165, 1.54) is 6.07 Å². The molecule has 31 heavy (non-hydrogen) atoms. The third-order valence-electron chi connectivity index (χ3n) is 4.79. The molecule has 150 valence electrons. The molecule has 7 nitrogen and oxygen atoms in total. The van der Waals surface area contributed by atoms with E-state index in [2.05, 4.69) is 19.9 Å². The summed E-state index contributed by atoms with van der Waals surface area (Å²) >= 11 is 0. The maximum Gasteiger partial charge on any atom is 0.248 e. The molecule has 0 aliphatic carbocycles. The van der Waals surface area contributed by atoms with Crippen molar-refractivity contribution < 1.29 is 9.53 Å². The highest BCUT2D eigenvalue weighted by Crippen LogP contribution is 2.30. The first-order valence-electron chi connectivity index (χ1n) is 9.59. The Balaban J connectivity index is 1.40. The molecule has 3 aromatic heterocycles. The van der Waals surface area contributed by atoms with E-state index >= 15 is 0 Å². The highest BCUT2D eigenvalue weighted by molar-refractivity contribution is 6.08. The van der Waals surface area contributed by atoms with Gasteiger partial charge in [0.05, 0.1) is 11.0 Å². The van der Waals surface area contributed by atoms with Crippen LogP contribution in [0.2, 0.25) is 0 Å². The number of hydrogen-bond acceptors (Lipinski definition) is 5. The van der Waals surface area contributed by atoms with Crippen LogP contribution in [0.5, 0.6) is 11.6 Å². The number of fused-ring (bicyclic) bond motifs is 1. The summed E-state index contributed by atoms with van der Waals surface area (Å²) in [7, 11) is 0. The molecule has 2 aromatic carbocycles. The predicted octanol–water partition coefficient (Wildman–Crippen LogP) is 4.34. The second-order valence-electron chi connectivity index (χ2n) is 6.86. The molecule has 0 amide bonds. The molecule has 5 rings (SSSR count). The number of aromatic nitrogens is 4. The SMILES string of the molecule is O=C(c1ccc(Oc2ncccc2-c2cc[nH]c(=O)c2)cc1)c1nc2ccccc2[nH]1. The van der Waals surface area contributed by atoms with Gasteiger partial charge in [0.1, 0.15) is 5.75 Å². The van der Waals surface area contributed by atoms with Gasteiger partial charge in [-0.1, -0.05) is 12.1 Å². The lowest BCUT2D eigenvalue weighted by Crippen LogP contribution is -2.04. The monoisotopic (exact) mass is 408 g/mol. The van der Waals surface area contributed by atoms with E-state index in [0.717, 1.165) is 11.0 Å². The number of hydrogen-bond donors (Lipinski definition) is 2. The number of ketones is 1. The van der Waals surface area contributed by atoms with Crippen molar-refractivity contribution in [1.82, 2.24) is 19.9 Å². The maximum absolute atomic E-state index is 12.8. The van der Waals surface area contributed by atoms with Gasteiger partial charge in [-0.05, 0) is 60.2 Å². The van der Waals surface area contributed by atoms with Crippen LogP contribution in [0.3, 0.4) is 0 Å². The van der Waals surface area contributed by atoms with Crippen molar-refractivity contribution in [3.05, 3.63) is 107 Å². The first-order valence-corrected chi connectivity index (χ1v) is 9.59. The number of carbonyl (C=O) groups is 1. The van der Waals surface area contributed by atoms with Gasteiger partial charge in [-0.15, -0.1) is 0 Å². The number of nitrogens with zero attached hydrogens (tertiary/aromatic N) is 2. The maximum atomic E-state index is 12.8. The van der Waals surface area contributed by atoms with Gasteiger partial charge in [0.15, 0.2) is 5.82 Å². The van der Waals surface area contributed by atoms with Crippen molar-refractivity contribution in [1.29, 1.82) is 0 Å². The third-order valence-corrected chi connectivity index (χ3v) is 4.79. The van der Waals surface area contributed by atoms with E-state index in [9.17, 15) is 9.59 Å². The third kappa shape index (κ3) is 3.72. The van der Waals surface area contributed by atoms with Crippen molar-refractivity contribution in [2.75, 3.05) is 0 Å². The first-order chi connectivity index (χ1) is 15.2. The minimum absolute atomic E-state index is 0.204. The van der Waals surface area contributed by atoms with Crippen molar-refractivity contribution in [2.24, 2.45) is 0 Å². The minimum atomic E-state index is -0.208. The number of nitrogens with one attached hydrogen (secondary N) is 2. The number of H-pyrrole nitrogens is 2. The van der Waals surface area contributed by atoms with E-state index in [4.69, 9.17) is 4.74 Å². The molecular formula is C24H16N4O3. The van der Waals surface area contributed by atoms with Gasteiger partial charge in [-0.3, -0.25) is 9.59 Å². The molecule has 2 N–H and O–H groups in total. The van der Waals surface area contributed by atoms with Gasteiger partial charge < -0.3 is 14.7 Å². The van der Waals surface area contributed by atoms with E-state index in [1.807, 2.05) is 30.3 Å². The zero-order valence-electron chi connectivity index (χ0n) is 16.2. The minimum Gasteiger partial charge on any atom is -0.438 e. The summed E-state index contributed by atoms with van der Waals surface area (Å²) in [4.78, 5) is 38.7. The van der Waals surface area contributed by atoms with Crippen LogP contribution < -0.4 is 10.3 Å². The summed E-state index contributed by atoms with van der Waals surface area (Å²) in [6, 6.07) is 21.1. The van der Waals surface area contributed by atoms with E-state index in [1.54, 1.807) is 48.8 Å². The number of para-hydroxylation sites is 2. The van der Waals surface area contributed by atoms with Gasteiger partial charge >= 0.3 is 0 Å². The molecule has 0 aliphatic rings. The summed E-state index contributed by atoms with van der Waals surface area (Å²) in [5.41, 5.74) is 3.23. The molecule has 5 aromatic rings. The number of aromatic amines is 2. The van der Waals surface area contributed by atoms with E-state index in [-0.39, 0.29) is 17.2 Å². The Bertz CT molecular complexity index is 1420. The average Bonchev–Trinajstić information content (AvgIpc) is 3.24. The van der Waals surface area contributed by atoms with E-state index in [0.29, 0.717) is 28.3 Å². The van der Waals surface area contributed by atoms with Gasteiger partial charge in [0, 0.05) is 29.6 Å². The molecule has 0 atom stereocenters. The Labute approximate surface area is 176 Å². The second kappa shape index (κ2) is 7.72. The van der Waals surface area contributed by atoms with E-state index < -0.39 is 0 Å². The van der Waals surface area contributed by atoms with Crippen molar-refractivity contribution in [3.8, 4) is 22.8 Å². The second-order valence-corrected chi connectivity index (χ2v) is 6.86. The summed E-state index contributed by atoms with van der Waals surface area (Å²) in [6.07, 6.45) is 3.19. The topological polar surface area (TPSA) is 101 Å². The molecule has 3 heterocycles. The van der Waals surface area contributed by atoms with Crippen LogP contribution in [-0.4, -0.2) is 25.7 Å². The van der Waals surface area contributed by atoms with Gasteiger partial charge in [0.2, 0.25) is 17.2 Å². The largest absolute Gasteiger partial charge is 0.438 e. The number of pyridine rings is 2. The van der Waals surface area contributed by atoms with Gasteiger partial charge in [-0.25, -0.2) is 9.97 Å². The Kier molecular flexibility index (Phi) is 4.61. The molecule has 0 saturated heterocycles. The molecule has 0 aliphatic heterocycles. The zero-order valence-corrected chi connectivity index (χ0v) is 16.2. The van der Waals surface area contributed by atoms with Gasteiger partial charge in [-0.2, -0.15) is 0 Å². The lowest BCUT2D eigenvalue weighted by molar-refractivity contribution is 0.103. The fraction of sp³-hybridized carbons (Fsp3) is 0. The van der Waals surface area contributed by atoms with Crippen LogP contribution in [0.4, 0.5) is 0 Å². The molecule has 0 bridgehead atoms. The first kappa shape index (κ1) is 18.5. The molecule has 0 saturated carbocycles. The fourth-order valence-corrected chi connectivity index (χ4v) is 3.29. The Morgan fingerprint density at radius 2 is 1.77 bits per heavy atom. The molecule has 0 fully saturated rings. The van der Waals surface area contributed by atoms with Crippen LogP contribution in [0.15, 0.2) is 90.0 Å². The number of ether oxygens (including phenoxy) is 1. The fourth-order valence-electron chi connectivity index (χ4n) is 3.29. The number of rotatable bonds is 5. The highest BCUT2D eigenvalue weighted by Gasteiger charge is 2.15. The predicted molar refractivity (Wildman–Crippen MR) is 116 cm³/mol. The lowest BCUT2D eigenvalue weighted by atomic mass is 10.1. The van der Waals surface area contributed by atoms with Crippen molar-refractivity contribution in [3.63, 3.8) is 0 Å². The molecule has 7 heteroatoms. The standard InChI is InChI=1S/C24H16N4O3/c29-21-14-16(11-13-25-21)18-4-3-12-26-24(18)31-17-9-7-15(8-10-17)22(30)23-27-19-5-1-2-6-20(19)28-23/h1-14H,(H,25,29)(H,27,28). The zero-order chi connectivity index (χ0) is 21.2. The summed E-state index contributed by atoms with van der Waals surface area (Å²) in [5, 5.41) is 0. The smallest absolute Gasteiger partial charge is 0.248 e. The van der Waals surface area contributed by atoms with Crippen LogP contribution in [0.25, 0.3) is 22.2 Å². The highest BCUT2D eigenvalue weighted by atomic mass is 16.5. The quantitative estimate of drug-likeness (QED) is 0.422. The Hall–Kier alpha value is -4.52. The van der Waals surface area contributed by atoms with Crippen molar-refractivity contribution in [2.45, 2.75) is 0 Å². The molecule has 0 unspecified atom stereocenters. The summed E-state index contributed by atoms with van der Waals surface area (Å²) in [5.74, 6) is 0.969. The van der Waals surface area contributed by atoms with Crippen LogP contribution in [0.1, 0.15) is 16.2 Å². The molecule has 0 radical (unpaired) electrons. The molecule has 0 spiro atoms. The number of benzene rings is 2. The Morgan fingerprint density at radius 1 is 0.935 bits per heavy atom.